The molecule has 0 aromatic carbocycles. The van der Waals surface area contributed by atoms with E-state index < -0.39 is 0 Å². The Morgan fingerprint density at radius 1 is 1.56 bits per heavy atom. The molecular weight excluding hydrogens is 200 g/mol. The molecule has 0 radical (unpaired) electrons. The summed E-state index contributed by atoms with van der Waals surface area (Å²) in [6, 6.07) is 0. The van der Waals surface area contributed by atoms with Gasteiger partial charge >= 0.3 is 67.0 Å². The van der Waals surface area contributed by atoms with E-state index in [9.17, 15) is 4.79 Å². The number of carbonyl (C=O) groups excluding carboxylic acids is 1. The van der Waals surface area contributed by atoms with Gasteiger partial charge in [-0.3, -0.25) is 0 Å². The number of carbonyl (C=O) groups is 1. The summed E-state index contributed by atoms with van der Waals surface area (Å²) in [4.78, 5) is 10.8. The van der Waals surface area contributed by atoms with Crippen molar-refractivity contribution in [2.45, 2.75) is 26.7 Å². The third kappa shape index (κ3) is 3.00. The van der Waals surface area contributed by atoms with E-state index in [0.717, 1.165) is 12.8 Å². The standard InChI is InChI=1S/C6H12O2.Mo/c1-3-5(4-2)6(7)8;/h5H,3-4H2,1-2H3,(H,7,8);/q;+1/p-1. The van der Waals surface area contributed by atoms with Crippen LogP contribution in [-0.2, 0) is 28.4 Å². The zero-order valence-electron chi connectivity index (χ0n) is 5.72. The van der Waals surface area contributed by atoms with Crippen molar-refractivity contribution >= 4 is 5.97 Å². The van der Waals surface area contributed by atoms with Crippen LogP contribution in [0.25, 0.3) is 0 Å². The van der Waals surface area contributed by atoms with Gasteiger partial charge in [-0.25, -0.2) is 0 Å². The minimum atomic E-state index is -0.0789. The molecule has 0 spiro atoms. The van der Waals surface area contributed by atoms with Gasteiger partial charge < -0.3 is 0 Å². The van der Waals surface area contributed by atoms with E-state index >= 15 is 0 Å². The zero-order chi connectivity index (χ0) is 7.28. The van der Waals surface area contributed by atoms with Gasteiger partial charge in [0.2, 0.25) is 0 Å². The van der Waals surface area contributed by atoms with Crippen molar-refractivity contribution < 1.29 is 28.4 Å². The average Bonchev–Trinajstić information content (AvgIpc) is 1.90. The van der Waals surface area contributed by atoms with Gasteiger partial charge in [0.25, 0.3) is 0 Å². The molecule has 0 aromatic rings. The molecule has 0 aromatic heterocycles. The van der Waals surface area contributed by atoms with Gasteiger partial charge in [-0.05, 0) is 0 Å². The molecule has 9 heavy (non-hydrogen) atoms. The van der Waals surface area contributed by atoms with Crippen molar-refractivity contribution in [3.8, 4) is 0 Å². The van der Waals surface area contributed by atoms with Crippen molar-refractivity contribution in [1.29, 1.82) is 0 Å². The van der Waals surface area contributed by atoms with E-state index in [-0.39, 0.29) is 11.9 Å². The average molecular weight is 211 g/mol. The van der Waals surface area contributed by atoms with E-state index in [4.69, 9.17) is 0 Å². The Morgan fingerprint density at radius 2 is 2.00 bits per heavy atom. The Morgan fingerprint density at radius 3 is 2.11 bits per heavy atom. The first kappa shape index (κ1) is 9.16. The van der Waals surface area contributed by atoms with Crippen LogP contribution in [-0.4, -0.2) is 5.97 Å². The van der Waals surface area contributed by atoms with Crippen LogP contribution in [0.5, 0.6) is 0 Å². The van der Waals surface area contributed by atoms with E-state index in [1.807, 2.05) is 13.8 Å². The summed E-state index contributed by atoms with van der Waals surface area (Å²) in [5, 5.41) is 0. The molecule has 2 nitrogen and oxygen atoms in total. The van der Waals surface area contributed by atoms with Gasteiger partial charge in [-0.2, -0.15) is 0 Å². The van der Waals surface area contributed by atoms with Gasteiger partial charge in [-0.15, -0.1) is 0 Å². The fourth-order valence-electron chi connectivity index (χ4n) is 0.690. The van der Waals surface area contributed by atoms with Crippen LogP contribution in [0.1, 0.15) is 26.7 Å². The van der Waals surface area contributed by atoms with Gasteiger partial charge in [0.05, 0.1) is 0 Å². The molecule has 0 fully saturated rings. The summed E-state index contributed by atoms with van der Waals surface area (Å²) in [6.07, 6.45) is 1.76. The quantitative estimate of drug-likeness (QED) is 0.660. The van der Waals surface area contributed by atoms with Crippen LogP contribution in [0.4, 0.5) is 0 Å². The van der Waals surface area contributed by atoms with Gasteiger partial charge in [0, 0.05) is 0 Å². The first-order chi connectivity index (χ1) is 4.26. The van der Waals surface area contributed by atoms with Crippen LogP contribution in [0.2, 0.25) is 0 Å². The summed E-state index contributed by atoms with van der Waals surface area (Å²) >= 11 is 1.37. The number of hydrogen-bond acceptors (Lipinski definition) is 2. The molecule has 0 unspecified atom stereocenters. The van der Waals surface area contributed by atoms with Crippen molar-refractivity contribution in [1.82, 2.24) is 0 Å². The van der Waals surface area contributed by atoms with Crippen LogP contribution < -0.4 is 0 Å². The van der Waals surface area contributed by atoms with E-state index in [1.54, 1.807) is 0 Å². The number of rotatable bonds is 3. The monoisotopic (exact) mass is 213 g/mol. The molecule has 0 rings (SSSR count). The summed E-state index contributed by atoms with van der Waals surface area (Å²) in [5.74, 6) is 0.0301. The molecule has 53 valence electrons. The molecule has 0 N–H and O–H groups in total. The van der Waals surface area contributed by atoms with Crippen molar-refractivity contribution in [2.75, 3.05) is 0 Å². The Bertz CT molecular complexity index is 89.1. The third-order valence-electron chi connectivity index (χ3n) is 1.40. The van der Waals surface area contributed by atoms with Gasteiger partial charge in [-0.1, -0.05) is 0 Å². The first-order valence-electron chi connectivity index (χ1n) is 3.09. The second-order valence-electron chi connectivity index (χ2n) is 1.92. The molecule has 0 saturated heterocycles. The molecule has 0 bridgehead atoms. The molecule has 0 saturated carbocycles. The summed E-state index contributed by atoms with van der Waals surface area (Å²) in [7, 11) is 0. The molecule has 0 aliphatic heterocycles. The van der Waals surface area contributed by atoms with Crippen LogP contribution >= 0.6 is 0 Å². The minimum absolute atomic E-state index is 0.0789. The third-order valence-corrected chi connectivity index (χ3v) is 1.80. The van der Waals surface area contributed by atoms with E-state index in [0.29, 0.717) is 0 Å². The molecule has 0 aliphatic carbocycles. The van der Waals surface area contributed by atoms with Crippen LogP contribution in [0.15, 0.2) is 0 Å². The Labute approximate surface area is 67.3 Å². The topological polar surface area (TPSA) is 26.3 Å². The van der Waals surface area contributed by atoms with E-state index in [2.05, 4.69) is 3.39 Å². The van der Waals surface area contributed by atoms with Crippen LogP contribution in [0, 0.1) is 5.92 Å². The Hall–Kier alpha value is 0.158. The SMILES string of the molecule is CCC(CC)C(=O)[O][Mo]. The molecule has 0 aliphatic rings. The maximum atomic E-state index is 10.8. The Balaban J connectivity index is 3.64. The molecular formula is C6H11MoO2. The summed E-state index contributed by atoms with van der Waals surface area (Å²) in [5.41, 5.74) is 0. The van der Waals surface area contributed by atoms with Crippen molar-refractivity contribution in [2.24, 2.45) is 5.92 Å². The second kappa shape index (κ2) is 4.98. The fraction of sp³-hybridized carbons (Fsp3) is 0.833. The zero-order valence-corrected chi connectivity index (χ0v) is 7.72. The number of hydrogen-bond donors (Lipinski definition) is 0. The van der Waals surface area contributed by atoms with Gasteiger partial charge in [0.1, 0.15) is 0 Å². The molecule has 0 atom stereocenters. The first-order valence-corrected chi connectivity index (χ1v) is 3.91. The predicted octanol–water partition coefficient (Wildman–Crippen LogP) is 1.43. The molecule has 0 heterocycles. The van der Waals surface area contributed by atoms with Crippen molar-refractivity contribution in [3.63, 3.8) is 0 Å². The molecule has 0 amide bonds. The summed E-state index contributed by atoms with van der Waals surface area (Å²) in [6.45, 7) is 3.98. The van der Waals surface area contributed by atoms with Crippen molar-refractivity contribution in [3.05, 3.63) is 0 Å². The maximum absolute atomic E-state index is 10.8. The second-order valence-corrected chi connectivity index (χ2v) is 2.33. The predicted molar refractivity (Wildman–Crippen MR) is 30.2 cm³/mol. The fourth-order valence-corrected chi connectivity index (χ4v) is 1.02. The van der Waals surface area contributed by atoms with Gasteiger partial charge in [0.15, 0.2) is 0 Å². The Kier molecular flexibility index (Phi) is 5.07. The van der Waals surface area contributed by atoms with E-state index in [1.165, 1.54) is 20.2 Å². The van der Waals surface area contributed by atoms with Crippen LogP contribution in [0.3, 0.4) is 0 Å². The normalized spacial score (nSPS) is 9.67. The summed E-state index contributed by atoms with van der Waals surface area (Å²) < 4.78 is 4.57. The molecule has 3 heteroatoms.